The van der Waals surface area contributed by atoms with Crippen molar-refractivity contribution >= 4 is 50.0 Å². The minimum absolute atomic E-state index is 0.103. The molecule has 34 heavy (non-hydrogen) atoms. The molecule has 8 rings (SSSR count). The molecule has 2 amide bonds. The fourth-order valence-corrected chi connectivity index (χ4v) is 10.9. The maximum Gasteiger partial charge on any atom is 0.264 e. The van der Waals surface area contributed by atoms with E-state index in [2.05, 4.69) is 10.3 Å². The van der Waals surface area contributed by atoms with E-state index in [9.17, 15) is 14.7 Å². The monoisotopic (exact) mass is 492 g/mol. The van der Waals surface area contributed by atoms with Gasteiger partial charge in [0.2, 0.25) is 4.87 Å². The predicted molar refractivity (Wildman–Crippen MR) is 134 cm³/mol. The second-order valence-corrected chi connectivity index (χ2v) is 12.4. The van der Waals surface area contributed by atoms with Gasteiger partial charge in [0, 0.05) is 29.8 Å². The highest BCUT2D eigenvalue weighted by molar-refractivity contribution is 8.78. The molecule has 4 saturated heterocycles. The Morgan fingerprint density at radius 1 is 1.00 bits per heavy atom. The van der Waals surface area contributed by atoms with E-state index < -0.39 is 27.4 Å². The number of hydrogen-bond donors (Lipinski definition) is 3. The number of H-pyrrole nitrogens is 1. The van der Waals surface area contributed by atoms with Crippen molar-refractivity contribution in [3.63, 3.8) is 0 Å². The first-order valence-corrected chi connectivity index (χ1v) is 13.6. The highest BCUT2D eigenvalue weighted by Gasteiger charge is 2.83. The van der Waals surface area contributed by atoms with Crippen LogP contribution in [0.4, 0.5) is 5.69 Å². The maximum absolute atomic E-state index is 14.3. The van der Waals surface area contributed by atoms with Gasteiger partial charge in [-0.05, 0) is 40.0 Å². The van der Waals surface area contributed by atoms with Gasteiger partial charge >= 0.3 is 0 Å². The maximum atomic E-state index is 14.3. The minimum Gasteiger partial charge on any atom is -0.388 e. The number of para-hydroxylation sites is 2. The predicted octanol–water partition coefficient (Wildman–Crippen LogP) is 3.32. The van der Waals surface area contributed by atoms with Gasteiger partial charge < -0.3 is 20.3 Å². The largest absolute Gasteiger partial charge is 0.388 e. The van der Waals surface area contributed by atoms with Crippen LogP contribution in [-0.4, -0.2) is 60.8 Å². The molecular formula is C25H24N4O3S2. The summed E-state index contributed by atoms with van der Waals surface area (Å²) in [5.41, 5.74) is 2.59. The lowest BCUT2D eigenvalue weighted by Crippen LogP contribution is -2.79. The molecule has 1 spiro atoms. The molecule has 3 aromatic rings. The second kappa shape index (κ2) is 6.33. The topological polar surface area (TPSA) is 88.7 Å². The number of aliphatic hydroxyl groups excluding tert-OH is 1. The van der Waals surface area contributed by atoms with Crippen molar-refractivity contribution in [2.24, 2.45) is 5.92 Å². The zero-order valence-corrected chi connectivity index (χ0v) is 20.5. The summed E-state index contributed by atoms with van der Waals surface area (Å²) in [6.45, 7) is 3.95. The van der Waals surface area contributed by atoms with Crippen LogP contribution in [0.25, 0.3) is 10.9 Å². The van der Waals surface area contributed by atoms with E-state index in [0.29, 0.717) is 0 Å². The molecule has 5 aliphatic rings. The van der Waals surface area contributed by atoms with E-state index in [1.165, 1.54) is 21.6 Å². The van der Waals surface area contributed by atoms with Gasteiger partial charge in [-0.3, -0.25) is 14.5 Å². The molecule has 7 nitrogen and oxygen atoms in total. The molecule has 0 radical (unpaired) electrons. The van der Waals surface area contributed by atoms with Crippen LogP contribution < -0.4 is 5.32 Å². The Hall–Kier alpha value is -2.62. The van der Waals surface area contributed by atoms with Gasteiger partial charge in [0.1, 0.15) is 12.3 Å². The van der Waals surface area contributed by atoms with E-state index in [0.717, 1.165) is 27.7 Å². The molecular weight excluding hydrogens is 468 g/mol. The van der Waals surface area contributed by atoms with Crippen LogP contribution in [0.15, 0.2) is 54.7 Å². The first kappa shape index (κ1) is 20.7. The van der Waals surface area contributed by atoms with Crippen LogP contribution >= 0.6 is 21.6 Å². The van der Waals surface area contributed by atoms with Crippen LogP contribution in [0.3, 0.4) is 0 Å². The Morgan fingerprint density at radius 2 is 1.74 bits per heavy atom. The van der Waals surface area contributed by atoms with E-state index in [1.807, 2.05) is 68.6 Å². The standard InChI is InChI=1S/C25H24N4O3S2/c1-13(2)24-22(32)29-20-23(15-9-5-7-11-18(15)27-20,16-12-26-17-10-6-4-8-14(16)17)19(30)25(29,34-33-24)21(31)28(24)3/h4-13,19-20,26-27,30H,1-3H3/t19-,20-,23-,24-,25-/m0/s1. The van der Waals surface area contributed by atoms with Gasteiger partial charge in [-0.15, -0.1) is 0 Å². The molecule has 9 heteroatoms. The quantitative estimate of drug-likeness (QED) is 0.476. The van der Waals surface area contributed by atoms with E-state index in [1.54, 1.807) is 16.8 Å². The van der Waals surface area contributed by atoms with Crippen molar-refractivity contribution in [3.05, 3.63) is 65.9 Å². The summed E-state index contributed by atoms with van der Waals surface area (Å²) >= 11 is 0. The van der Waals surface area contributed by atoms with Crippen molar-refractivity contribution in [3.8, 4) is 0 Å². The number of amides is 2. The summed E-state index contributed by atoms with van der Waals surface area (Å²) in [6.07, 6.45) is 0.166. The van der Waals surface area contributed by atoms with Gasteiger partial charge in [0.15, 0.2) is 4.87 Å². The summed E-state index contributed by atoms with van der Waals surface area (Å²) < 4.78 is 0. The molecule has 3 N–H and O–H groups in total. The average molecular weight is 493 g/mol. The Kier molecular flexibility index (Phi) is 3.86. The third-order valence-corrected chi connectivity index (χ3v) is 12.1. The lowest BCUT2D eigenvalue weighted by molar-refractivity contribution is -0.169. The van der Waals surface area contributed by atoms with Gasteiger partial charge in [-0.1, -0.05) is 61.0 Å². The third kappa shape index (κ3) is 1.91. The molecule has 2 bridgehead atoms. The molecule has 0 saturated carbocycles. The fourth-order valence-electron chi connectivity index (χ4n) is 6.69. The number of carbonyl (C=O) groups is 2. The summed E-state index contributed by atoms with van der Waals surface area (Å²) in [7, 11) is 4.46. The van der Waals surface area contributed by atoms with E-state index >= 15 is 0 Å². The number of piperazine rings is 1. The number of rotatable bonds is 2. The fraction of sp³-hybridized carbons (Fsp3) is 0.360. The van der Waals surface area contributed by atoms with Crippen molar-refractivity contribution in [2.45, 2.75) is 41.3 Å². The number of benzene rings is 2. The Labute approximate surface area is 204 Å². The van der Waals surface area contributed by atoms with Gasteiger partial charge in [-0.2, -0.15) is 0 Å². The number of likely N-dealkylation sites (N-methyl/N-ethyl adjacent to an activating group) is 1. The third-order valence-electron chi connectivity index (χ3n) is 8.26. The zero-order chi connectivity index (χ0) is 23.6. The molecule has 4 fully saturated rings. The Bertz CT molecular complexity index is 1410. The average Bonchev–Trinajstić information content (AvgIpc) is 3.46. The van der Waals surface area contributed by atoms with Crippen molar-refractivity contribution < 1.29 is 14.7 Å². The first-order chi connectivity index (χ1) is 16.3. The summed E-state index contributed by atoms with van der Waals surface area (Å²) in [5.74, 6) is -0.446. The number of aliphatic hydroxyl groups is 1. The number of anilines is 1. The lowest BCUT2D eigenvalue weighted by atomic mass is 9.70. The number of nitrogens with zero attached hydrogens (tertiary/aromatic N) is 2. The highest BCUT2D eigenvalue weighted by atomic mass is 33.1. The molecule has 1 aromatic heterocycles. The van der Waals surface area contributed by atoms with Gasteiger partial charge in [-0.25, -0.2) is 0 Å². The minimum atomic E-state index is -1.42. The normalized spacial score (nSPS) is 35.7. The molecule has 0 unspecified atom stereocenters. The summed E-state index contributed by atoms with van der Waals surface area (Å²) in [5, 5.41) is 16.9. The number of aromatic amines is 1. The molecule has 5 aliphatic heterocycles. The zero-order valence-electron chi connectivity index (χ0n) is 18.9. The van der Waals surface area contributed by atoms with Crippen LogP contribution in [0, 0.1) is 5.92 Å². The number of carbonyl (C=O) groups excluding carboxylic acids is 2. The Morgan fingerprint density at radius 3 is 2.53 bits per heavy atom. The van der Waals surface area contributed by atoms with Crippen LogP contribution in [0.2, 0.25) is 0 Å². The summed E-state index contributed by atoms with van der Waals surface area (Å²) in [6, 6.07) is 15.8. The molecule has 6 heterocycles. The second-order valence-electron chi connectivity index (χ2n) is 9.87. The van der Waals surface area contributed by atoms with Crippen LogP contribution in [-0.2, 0) is 15.0 Å². The van der Waals surface area contributed by atoms with Crippen LogP contribution in [0.5, 0.6) is 0 Å². The van der Waals surface area contributed by atoms with E-state index in [4.69, 9.17) is 0 Å². The lowest BCUT2D eigenvalue weighted by Gasteiger charge is -2.60. The SMILES string of the molecule is CC(C)[C@@]12SS[C@]3(C(=O)N1C)[C@@H](O)[C@@]1(c4c[nH]c5ccccc45)c4ccccc4N[C@H]1N3C2=O. The van der Waals surface area contributed by atoms with Gasteiger partial charge in [0.25, 0.3) is 11.8 Å². The number of nitrogens with one attached hydrogen (secondary N) is 2. The van der Waals surface area contributed by atoms with Crippen LogP contribution in [0.1, 0.15) is 25.0 Å². The van der Waals surface area contributed by atoms with Crippen molar-refractivity contribution in [2.75, 3.05) is 12.4 Å². The van der Waals surface area contributed by atoms with E-state index in [-0.39, 0.29) is 17.7 Å². The number of aromatic nitrogens is 1. The highest BCUT2D eigenvalue weighted by Crippen LogP contribution is 2.71. The van der Waals surface area contributed by atoms with Gasteiger partial charge in [0.05, 0.1) is 5.41 Å². The molecule has 2 aromatic carbocycles. The summed E-state index contributed by atoms with van der Waals surface area (Å²) in [4.78, 5) is 32.6. The van der Waals surface area contributed by atoms with Crippen molar-refractivity contribution in [1.29, 1.82) is 0 Å². The van der Waals surface area contributed by atoms with Crippen molar-refractivity contribution in [1.82, 2.24) is 14.8 Å². The smallest absolute Gasteiger partial charge is 0.264 e. The first-order valence-electron chi connectivity index (χ1n) is 11.4. The number of fused-ring (bicyclic) bond motifs is 6. The molecule has 0 aliphatic carbocycles. The number of hydrogen-bond acceptors (Lipinski definition) is 6. The molecule has 5 atom stereocenters. The Balaban J connectivity index is 1.57. The molecule has 174 valence electrons.